The van der Waals surface area contributed by atoms with Gasteiger partial charge in [-0.2, -0.15) is 0 Å². The Morgan fingerprint density at radius 3 is 2.50 bits per heavy atom. The number of carbonyl (C=O) groups excluding carboxylic acids is 1. The Morgan fingerprint density at radius 1 is 1.20 bits per heavy atom. The number of carbonyl (C=O) groups is 1. The molecule has 4 aliphatic heterocycles. The molecule has 0 aliphatic carbocycles. The van der Waals surface area contributed by atoms with Crippen molar-refractivity contribution in [1.29, 1.82) is 0 Å². The quantitative estimate of drug-likeness (QED) is 0.544. The van der Waals surface area contributed by atoms with Gasteiger partial charge in [-0.1, -0.05) is 12.2 Å². The van der Waals surface area contributed by atoms with Crippen LogP contribution in [0.5, 0.6) is 0 Å². The molecule has 4 nitrogen and oxygen atoms in total. The van der Waals surface area contributed by atoms with E-state index in [9.17, 15) is 4.79 Å². The van der Waals surface area contributed by atoms with E-state index < -0.39 is 11.0 Å². The van der Waals surface area contributed by atoms with Crippen LogP contribution in [0.3, 0.4) is 0 Å². The van der Waals surface area contributed by atoms with E-state index in [4.69, 9.17) is 14.2 Å². The number of hydrogen-bond acceptors (Lipinski definition) is 4. The third-order valence-corrected chi connectivity index (χ3v) is 5.23. The third-order valence-electron chi connectivity index (χ3n) is 5.23. The number of hydrogen-bond donors (Lipinski definition) is 0. The second-order valence-electron chi connectivity index (χ2n) is 7.82. The third kappa shape index (κ3) is 1.52. The largest absolute Gasteiger partial charge is 0.459 e. The number of ether oxygens (including phenoxy) is 3. The van der Waals surface area contributed by atoms with Crippen molar-refractivity contribution in [2.24, 2.45) is 17.3 Å². The summed E-state index contributed by atoms with van der Waals surface area (Å²) in [7, 11) is 0. The minimum Gasteiger partial charge on any atom is -0.459 e. The Hall–Kier alpha value is -0.870. The van der Waals surface area contributed by atoms with E-state index in [2.05, 4.69) is 12.2 Å². The summed E-state index contributed by atoms with van der Waals surface area (Å²) in [6.45, 7) is 7.73. The van der Waals surface area contributed by atoms with Gasteiger partial charge in [0.25, 0.3) is 0 Å². The van der Waals surface area contributed by atoms with Crippen LogP contribution < -0.4 is 0 Å². The minimum absolute atomic E-state index is 0.0627. The van der Waals surface area contributed by atoms with Crippen LogP contribution in [-0.4, -0.2) is 36.0 Å². The highest BCUT2D eigenvalue weighted by molar-refractivity contribution is 5.78. The zero-order valence-corrected chi connectivity index (χ0v) is 12.5. The zero-order valence-electron chi connectivity index (χ0n) is 12.5. The average molecular weight is 278 g/mol. The molecule has 0 aromatic rings. The topological polar surface area (TPSA) is 44.8 Å². The molecule has 4 aliphatic rings. The molecular weight excluding hydrogens is 256 g/mol. The molecule has 0 aromatic heterocycles. The first-order chi connectivity index (χ1) is 9.29. The molecular formula is C16H22O4. The number of fused-ring (bicyclic) bond motifs is 9. The summed E-state index contributed by atoms with van der Waals surface area (Å²) in [5, 5.41) is 0. The summed E-state index contributed by atoms with van der Waals surface area (Å²) in [5.74, 6) is 0.634. The Balaban J connectivity index is 1.61. The van der Waals surface area contributed by atoms with Crippen LogP contribution in [0.4, 0.5) is 0 Å². The Morgan fingerprint density at radius 2 is 1.85 bits per heavy atom. The van der Waals surface area contributed by atoms with Gasteiger partial charge in [-0.3, -0.25) is 4.79 Å². The smallest absolute Gasteiger partial charge is 0.315 e. The Kier molecular flexibility index (Phi) is 2.35. The lowest BCUT2D eigenvalue weighted by atomic mass is 9.63. The summed E-state index contributed by atoms with van der Waals surface area (Å²) in [6, 6.07) is 0. The highest BCUT2D eigenvalue weighted by Crippen LogP contribution is 2.61. The van der Waals surface area contributed by atoms with Gasteiger partial charge in [-0.05, 0) is 34.1 Å². The first-order valence-corrected chi connectivity index (χ1v) is 7.52. The highest BCUT2D eigenvalue weighted by atomic mass is 16.6. The molecule has 7 atom stereocenters. The van der Waals surface area contributed by atoms with Gasteiger partial charge < -0.3 is 14.2 Å². The summed E-state index contributed by atoms with van der Waals surface area (Å²) >= 11 is 0. The van der Waals surface area contributed by atoms with Crippen LogP contribution in [0, 0.1) is 17.3 Å². The number of esters is 1. The minimum atomic E-state index is -0.527. The summed E-state index contributed by atoms with van der Waals surface area (Å²) in [4.78, 5) is 12.6. The maximum atomic E-state index is 12.6. The van der Waals surface area contributed by atoms with Crippen molar-refractivity contribution < 1.29 is 19.0 Å². The molecule has 3 saturated heterocycles. The molecule has 4 rings (SSSR count). The maximum absolute atomic E-state index is 12.6. The van der Waals surface area contributed by atoms with Gasteiger partial charge in [-0.25, -0.2) is 0 Å². The van der Waals surface area contributed by atoms with Crippen LogP contribution in [0.15, 0.2) is 12.2 Å². The van der Waals surface area contributed by atoms with Gasteiger partial charge in [0.15, 0.2) is 0 Å². The molecule has 3 fully saturated rings. The van der Waals surface area contributed by atoms with Gasteiger partial charge in [0.1, 0.15) is 5.60 Å². The van der Waals surface area contributed by atoms with Crippen LogP contribution in [0.2, 0.25) is 0 Å². The fourth-order valence-corrected chi connectivity index (χ4v) is 4.46. The van der Waals surface area contributed by atoms with Crippen molar-refractivity contribution in [3.8, 4) is 0 Å². The van der Waals surface area contributed by atoms with E-state index in [1.165, 1.54) is 0 Å². The summed E-state index contributed by atoms with van der Waals surface area (Å²) < 4.78 is 17.7. The van der Waals surface area contributed by atoms with Crippen molar-refractivity contribution in [3.63, 3.8) is 0 Å². The van der Waals surface area contributed by atoms with Gasteiger partial charge >= 0.3 is 5.97 Å². The molecule has 110 valence electrons. The molecule has 0 saturated carbocycles. The zero-order chi connectivity index (χ0) is 14.3. The molecule has 7 unspecified atom stereocenters. The predicted octanol–water partition coefficient (Wildman–Crippen LogP) is 2.08. The standard InChI is InChI=1S/C16H22O4/c1-15(2,3)20-14(17)16(4)7-10-11-8-5-6-9(18-8)12(11)13(16)19-10/h5-6,8-13H,7H2,1-4H3. The molecule has 0 aromatic carbocycles. The van der Waals surface area contributed by atoms with Crippen molar-refractivity contribution in [3.05, 3.63) is 12.2 Å². The first-order valence-electron chi connectivity index (χ1n) is 7.52. The molecule has 0 amide bonds. The molecule has 4 heteroatoms. The normalized spacial score (nSPS) is 51.6. The van der Waals surface area contributed by atoms with Crippen molar-refractivity contribution in [1.82, 2.24) is 0 Å². The lowest BCUT2D eigenvalue weighted by molar-refractivity contribution is -0.171. The fraction of sp³-hybridized carbons (Fsp3) is 0.812. The van der Waals surface area contributed by atoms with Crippen LogP contribution in [0.25, 0.3) is 0 Å². The van der Waals surface area contributed by atoms with E-state index in [-0.39, 0.29) is 30.4 Å². The van der Waals surface area contributed by atoms with Crippen molar-refractivity contribution in [2.75, 3.05) is 0 Å². The van der Waals surface area contributed by atoms with Crippen LogP contribution >= 0.6 is 0 Å². The molecule has 20 heavy (non-hydrogen) atoms. The van der Waals surface area contributed by atoms with E-state index in [0.29, 0.717) is 11.8 Å². The lowest BCUT2D eigenvalue weighted by Gasteiger charge is -2.38. The predicted molar refractivity (Wildman–Crippen MR) is 72.0 cm³/mol. The summed E-state index contributed by atoms with van der Waals surface area (Å²) in [6.07, 6.45) is 5.44. The van der Waals surface area contributed by atoms with E-state index >= 15 is 0 Å². The lowest BCUT2D eigenvalue weighted by Crippen LogP contribution is -2.49. The Bertz CT molecular complexity index is 491. The molecule has 4 heterocycles. The summed E-state index contributed by atoms with van der Waals surface area (Å²) in [5.41, 5.74) is -0.979. The molecule has 0 radical (unpaired) electrons. The molecule has 0 N–H and O–H groups in total. The van der Waals surface area contributed by atoms with E-state index in [1.54, 1.807) is 0 Å². The molecule has 0 spiro atoms. The first kappa shape index (κ1) is 12.8. The SMILES string of the molecule is CC(C)(C)OC(=O)C1(C)CC2OC1C1C3C=CC(O3)C21. The molecule has 4 bridgehead atoms. The van der Waals surface area contributed by atoms with E-state index in [1.807, 2.05) is 27.7 Å². The van der Waals surface area contributed by atoms with Crippen LogP contribution in [0.1, 0.15) is 34.1 Å². The highest BCUT2D eigenvalue weighted by Gasteiger charge is 2.69. The monoisotopic (exact) mass is 278 g/mol. The Labute approximate surface area is 119 Å². The van der Waals surface area contributed by atoms with Gasteiger partial charge in [-0.15, -0.1) is 0 Å². The van der Waals surface area contributed by atoms with Crippen LogP contribution in [-0.2, 0) is 19.0 Å². The van der Waals surface area contributed by atoms with Crippen molar-refractivity contribution >= 4 is 5.97 Å². The number of rotatable bonds is 1. The second-order valence-corrected chi connectivity index (χ2v) is 7.82. The van der Waals surface area contributed by atoms with Crippen molar-refractivity contribution in [2.45, 2.75) is 64.1 Å². The maximum Gasteiger partial charge on any atom is 0.315 e. The van der Waals surface area contributed by atoms with Gasteiger partial charge in [0.05, 0.1) is 29.8 Å². The van der Waals surface area contributed by atoms with Gasteiger partial charge in [0.2, 0.25) is 0 Å². The second kappa shape index (κ2) is 3.66. The van der Waals surface area contributed by atoms with E-state index in [0.717, 1.165) is 6.42 Å². The fourth-order valence-electron chi connectivity index (χ4n) is 4.46. The average Bonchev–Trinajstić information content (AvgIpc) is 3.02. The van der Waals surface area contributed by atoms with Gasteiger partial charge in [0, 0.05) is 11.8 Å².